The predicted octanol–water partition coefficient (Wildman–Crippen LogP) is 1.84. The van der Waals surface area contributed by atoms with E-state index in [0.29, 0.717) is 21.7 Å². The van der Waals surface area contributed by atoms with E-state index in [-0.39, 0.29) is 10.6 Å². The maximum absolute atomic E-state index is 12.0. The monoisotopic (exact) mass is 311 g/mol. The van der Waals surface area contributed by atoms with Crippen LogP contribution in [0.25, 0.3) is 0 Å². The molecule has 3 rings (SSSR count). The summed E-state index contributed by atoms with van der Waals surface area (Å²) in [5, 5.41) is 9.76. The van der Waals surface area contributed by atoms with Crippen molar-refractivity contribution in [3.8, 4) is 6.07 Å². The minimum Gasteiger partial charge on any atom is -0.396 e. The molecule has 2 N–H and O–H groups in total. The number of anilines is 2. The lowest BCUT2D eigenvalue weighted by Gasteiger charge is -2.19. The third-order valence-electron chi connectivity index (χ3n) is 4.37. The lowest BCUT2D eigenvalue weighted by molar-refractivity contribution is 0.494. The first kappa shape index (κ1) is 13.7. The lowest BCUT2D eigenvalue weighted by Crippen LogP contribution is -2.21. The van der Waals surface area contributed by atoms with Gasteiger partial charge in [0.1, 0.15) is 20.8 Å². The van der Waals surface area contributed by atoms with Crippen LogP contribution in [0.1, 0.15) is 24.1 Å². The molecule has 1 saturated carbocycles. The minimum absolute atomic E-state index is 0.118. The molecule has 2 aliphatic rings. The van der Waals surface area contributed by atoms with E-state index >= 15 is 0 Å². The van der Waals surface area contributed by atoms with Gasteiger partial charge >= 0.3 is 0 Å². The summed E-state index contributed by atoms with van der Waals surface area (Å²) in [4.78, 5) is 2.57. The van der Waals surface area contributed by atoms with Crippen molar-refractivity contribution in [2.24, 2.45) is 11.8 Å². The van der Waals surface area contributed by atoms with Crippen molar-refractivity contribution in [2.75, 3.05) is 30.0 Å². The molecule has 2 atom stereocenters. The molecule has 0 radical (unpaired) electrons. The van der Waals surface area contributed by atoms with Crippen LogP contribution in [0.4, 0.5) is 10.7 Å². The van der Waals surface area contributed by atoms with Crippen LogP contribution in [-0.4, -0.2) is 27.8 Å². The van der Waals surface area contributed by atoms with Crippen molar-refractivity contribution in [3.63, 3.8) is 0 Å². The molecule has 0 spiro atoms. The van der Waals surface area contributed by atoms with E-state index in [0.717, 1.165) is 19.3 Å². The van der Waals surface area contributed by atoms with Gasteiger partial charge in [-0.1, -0.05) is 6.42 Å². The van der Waals surface area contributed by atoms with Crippen molar-refractivity contribution in [2.45, 2.75) is 24.2 Å². The molecule has 1 aliphatic carbocycles. The van der Waals surface area contributed by atoms with Gasteiger partial charge in [-0.3, -0.25) is 0 Å². The Kier molecular flexibility index (Phi) is 3.18. The highest BCUT2D eigenvalue weighted by atomic mass is 32.2. The quantitative estimate of drug-likeness (QED) is 0.900. The molecule has 2 heterocycles. The van der Waals surface area contributed by atoms with Crippen LogP contribution in [-0.2, 0) is 9.84 Å². The molecule has 108 valence electrons. The van der Waals surface area contributed by atoms with Gasteiger partial charge in [0.05, 0.1) is 5.69 Å². The third kappa shape index (κ3) is 2.07. The second kappa shape index (κ2) is 4.64. The molecule has 20 heavy (non-hydrogen) atoms. The number of thiophene rings is 1. The number of hydrogen-bond acceptors (Lipinski definition) is 6. The Hall–Kier alpha value is -1.26. The molecule has 0 amide bonds. The van der Waals surface area contributed by atoms with E-state index in [9.17, 15) is 8.42 Å². The van der Waals surface area contributed by atoms with Gasteiger partial charge in [0, 0.05) is 19.3 Å². The average Bonchev–Trinajstić information content (AvgIpc) is 2.98. The zero-order valence-electron chi connectivity index (χ0n) is 11.3. The van der Waals surface area contributed by atoms with Gasteiger partial charge in [-0.05, 0) is 24.7 Å². The van der Waals surface area contributed by atoms with Gasteiger partial charge in [0.2, 0.25) is 0 Å². The van der Waals surface area contributed by atoms with Crippen LogP contribution in [0.5, 0.6) is 0 Å². The van der Waals surface area contributed by atoms with Crippen LogP contribution in [0.15, 0.2) is 4.90 Å². The molecule has 2 fully saturated rings. The molecule has 1 saturated heterocycles. The Morgan fingerprint density at radius 1 is 1.35 bits per heavy atom. The van der Waals surface area contributed by atoms with E-state index in [2.05, 4.69) is 4.90 Å². The fraction of sp³-hybridized carbons (Fsp3) is 0.615. The zero-order valence-corrected chi connectivity index (χ0v) is 12.9. The average molecular weight is 311 g/mol. The van der Waals surface area contributed by atoms with Crippen LogP contribution in [0, 0.1) is 23.2 Å². The van der Waals surface area contributed by atoms with Gasteiger partial charge in [0.25, 0.3) is 0 Å². The number of hydrogen-bond donors (Lipinski definition) is 1. The summed E-state index contributed by atoms with van der Waals surface area (Å²) >= 11 is 1.21. The predicted molar refractivity (Wildman–Crippen MR) is 79.6 cm³/mol. The molecule has 2 unspecified atom stereocenters. The molecule has 1 aliphatic heterocycles. The Balaban J connectivity index is 2.04. The van der Waals surface area contributed by atoms with E-state index in [1.54, 1.807) is 0 Å². The molecular weight excluding hydrogens is 294 g/mol. The normalized spacial score (nSPS) is 25.7. The molecule has 7 heteroatoms. The number of nitriles is 1. The van der Waals surface area contributed by atoms with E-state index in [1.165, 1.54) is 30.6 Å². The highest BCUT2D eigenvalue weighted by Gasteiger charge is 2.39. The maximum atomic E-state index is 12.0. The maximum Gasteiger partial charge on any atom is 0.180 e. The smallest absolute Gasteiger partial charge is 0.180 e. The summed E-state index contributed by atoms with van der Waals surface area (Å²) in [6, 6.07) is 2.00. The van der Waals surface area contributed by atoms with Gasteiger partial charge in [0.15, 0.2) is 9.84 Å². The second-order valence-corrected chi connectivity index (χ2v) is 8.67. The number of nitrogen functional groups attached to an aromatic ring is 1. The van der Waals surface area contributed by atoms with Crippen LogP contribution >= 0.6 is 11.3 Å². The van der Waals surface area contributed by atoms with Crippen molar-refractivity contribution in [1.82, 2.24) is 0 Å². The summed E-state index contributed by atoms with van der Waals surface area (Å²) in [6.45, 7) is 1.77. The number of rotatable bonds is 2. The van der Waals surface area contributed by atoms with Crippen molar-refractivity contribution < 1.29 is 8.42 Å². The van der Waals surface area contributed by atoms with Crippen molar-refractivity contribution in [1.29, 1.82) is 5.26 Å². The van der Waals surface area contributed by atoms with E-state index in [1.807, 2.05) is 6.07 Å². The van der Waals surface area contributed by atoms with Crippen molar-refractivity contribution >= 4 is 31.9 Å². The molecule has 0 aromatic carbocycles. The number of nitrogens with zero attached hydrogens (tertiary/aromatic N) is 2. The largest absolute Gasteiger partial charge is 0.396 e. The van der Waals surface area contributed by atoms with Crippen LogP contribution in [0.3, 0.4) is 0 Å². The fourth-order valence-corrected chi connectivity index (χ4v) is 5.99. The molecule has 1 aromatic heterocycles. The Bertz CT molecular complexity index is 675. The van der Waals surface area contributed by atoms with E-state index < -0.39 is 9.84 Å². The van der Waals surface area contributed by atoms with Gasteiger partial charge < -0.3 is 10.6 Å². The molecule has 1 aromatic rings. The number of fused-ring (bicyclic) bond motifs is 1. The minimum atomic E-state index is -3.42. The lowest BCUT2D eigenvalue weighted by atomic mass is 10.0. The Morgan fingerprint density at radius 2 is 1.95 bits per heavy atom. The second-order valence-electron chi connectivity index (χ2n) is 5.72. The number of nitrogens with two attached hydrogens (primary N) is 1. The first-order valence-electron chi connectivity index (χ1n) is 6.69. The molecule has 0 bridgehead atoms. The van der Waals surface area contributed by atoms with Gasteiger partial charge in [-0.25, -0.2) is 8.42 Å². The summed E-state index contributed by atoms with van der Waals surface area (Å²) in [7, 11) is -3.42. The highest BCUT2D eigenvalue weighted by molar-refractivity contribution is 7.91. The standard InChI is InChI=1S/C13H17N3O2S2/c1-20(17,18)12-11(15)10(5-14)19-13(12)16-6-8-3-2-4-9(8)7-16/h8-9H,2-4,6-7,15H2,1H3. The first-order valence-corrected chi connectivity index (χ1v) is 9.40. The van der Waals surface area contributed by atoms with Gasteiger partial charge in [-0.15, -0.1) is 11.3 Å². The van der Waals surface area contributed by atoms with Crippen LogP contribution in [0.2, 0.25) is 0 Å². The summed E-state index contributed by atoms with van der Waals surface area (Å²) < 4.78 is 24.0. The van der Waals surface area contributed by atoms with Crippen molar-refractivity contribution in [3.05, 3.63) is 4.88 Å². The topological polar surface area (TPSA) is 87.2 Å². The Labute approximate surface area is 122 Å². The van der Waals surface area contributed by atoms with E-state index in [4.69, 9.17) is 11.0 Å². The first-order chi connectivity index (χ1) is 9.41. The zero-order chi connectivity index (χ0) is 14.5. The fourth-order valence-electron chi connectivity index (χ4n) is 3.47. The van der Waals surface area contributed by atoms with Gasteiger partial charge in [-0.2, -0.15) is 5.26 Å². The summed E-state index contributed by atoms with van der Waals surface area (Å²) in [6.07, 6.45) is 4.88. The summed E-state index contributed by atoms with van der Waals surface area (Å²) in [5.74, 6) is 1.33. The Morgan fingerprint density at radius 3 is 2.45 bits per heavy atom. The molecular formula is C13H17N3O2S2. The SMILES string of the molecule is CS(=O)(=O)c1c(N2CC3CCCC3C2)sc(C#N)c1N. The summed E-state index contributed by atoms with van der Waals surface area (Å²) in [5.41, 5.74) is 5.98. The molecule has 5 nitrogen and oxygen atoms in total. The highest BCUT2D eigenvalue weighted by Crippen LogP contribution is 2.46. The number of sulfone groups is 1. The van der Waals surface area contributed by atoms with Crippen LogP contribution < -0.4 is 10.6 Å². The third-order valence-corrected chi connectivity index (χ3v) is 6.82.